The van der Waals surface area contributed by atoms with Gasteiger partial charge < -0.3 is 63.9 Å². The van der Waals surface area contributed by atoms with Gasteiger partial charge in [0.2, 0.25) is 28.9 Å². The van der Waals surface area contributed by atoms with Crippen molar-refractivity contribution < 1.29 is 29.9 Å². The van der Waals surface area contributed by atoms with Gasteiger partial charge in [0.25, 0.3) is 5.78 Å². The van der Waals surface area contributed by atoms with Crippen LogP contribution in [0.4, 0.5) is 22.2 Å². The van der Waals surface area contributed by atoms with Crippen molar-refractivity contribution in [3.8, 4) is 28.5 Å². The summed E-state index contributed by atoms with van der Waals surface area (Å²) in [4.78, 5) is 69.8. The smallest absolute Gasteiger partial charge is 0.252 e. The number of phenols is 1. The quantitative estimate of drug-likeness (QED) is 0.0852. The molecule has 1 aliphatic carbocycles. The molecule has 13 aromatic rings. The number of ketones is 2. The number of halogens is 2. The Kier molecular flexibility index (Phi) is 18.6. The third-order valence-corrected chi connectivity index (χ3v) is 17.9. The van der Waals surface area contributed by atoms with Crippen molar-refractivity contribution in [1.29, 1.82) is 0 Å². The zero-order valence-electron chi connectivity index (χ0n) is 54.2. The molecular weight excluding hydrogens is 1220 g/mol. The van der Waals surface area contributed by atoms with Crippen LogP contribution in [0.15, 0.2) is 176 Å². The number of rotatable bonds is 9. The van der Waals surface area contributed by atoms with Crippen molar-refractivity contribution in [2.24, 2.45) is 0 Å². The third-order valence-electron chi connectivity index (χ3n) is 17.8. The highest BCUT2D eigenvalue weighted by Gasteiger charge is 2.34. The Labute approximate surface area is 555 Å². The Morgan fingerprint density at radius 2 is 0.821 bits per heavy atom. The highest BCUT2D eigenvalue weighted by Crippen LogP contribution is 2.38. The van der Waals surface area contributed by atoms with Crippen molar-refractivity contribution in [2.75, 3.05) is 122 Å². The molecule has 17 rings (SSSR count). The molecule has 19 nitrogen and oxygen atoms in total. The zero-order valence-corrected chi connectivity index (χ0v) is 53.9. The van der Waals surface area contributed by atoms with Crippen LogP contribution < -0.4 is 24.2 Å². The number of carbonyl (C=O) groups excluding carboxylic acids is 2. The summed E-state index contributed by atoms with van der Waals surface area (Å²) in [6.45, 7) is 12.8. The molecule has 0 radical (unpaired) electrons. The number of carbonyl (C=O) groups is 2. The number of nitrogens with one attached hydrogen (secondary N) is 4. The molecule has 7 heterocycles. The summed E-state index contributed by atoms with van der Waals surface area (Å²) < 4.78 is 27.7. The summed E-state index contributed by atoms with van der Waals surface area (Å²) >= 11 is 6.00. The molecule has 0 spiro atoms. The van der Waals surface area contributed by atoms with Crippen LogP contribution in [0, 0.1) is 0 Å². The van der Waals surface area contributed by atoms with Crippen molar-refractivity contribution in [3.05, 3.63) is 204 Å². The molecule has 3 aliphatic heterocycles. The monoisotopic (exact) mass is 1290 g/mol. The first-order valence-corrected chi connectivity index (χ1v) is 32.1. The van der Waals surface area contributed by atoms with Crippen LogP contribution in [0.3, 0.4) is 0 Å². The SMILES string of the molecule is CN1CCN(c2nc3c([nH]2)C(=O)C(=O)c2ccccc2-3)CC1.CN1CCN(c2nc3c(cc(O)c4ccccc43)[nH]2)CC1.CN1CCN(c2nc3c(cc(OCc4ccccc4)c4ccccc43)[nH]2)CC1.Clc1nc2c(cc(OCc3ccccc3)c3ccccc32)[nH]1.[2H]CF. The molecule has 9 aromatic carbocycles. The summed E-state index contributed by atoms with van der Waals surface area (Å²) in [6, 6.07) is 57.6. The number of ether oxygens (including phenoxy) is 2. The van der Waals surface area contributed by atoms with E-state index in [0.717, 1.165) is 184 Å². The van der Waals surface area contributed by atoms with E-state index in [1.54, 1.807) is 18.2 Å². The minimum atomic E-state index is -1.00. The van der Waals surface area contributed by atoms with Gasteiger partial charge >= 0.3 is 0 Å². The van der Waals surface area contributed by atoms with Crippen LogP contribution >= 0.6 is 11.6 Å². The lowest BCUT2D eigenvalue weighted by atomic mass is 9.90. The summed E-state index contributed by atoms with van der Waals surface area (Å²) in [5, 5.41) is 16.7. The van der Waals surface area contributed by atoms with E-state index in [2.05, 4.69) is 123 Å². The number of fused-ring (bicyclic) bond motifs is 12. The fourth-order valence-corrected chi connectivity index (χ4v) is 12.6. The molecule has 0 amide bonds. The number of H-pyrrole nitrogens is 4. The van der Waals surface area contributed by atoms with Crippen LogP contribution in [-0.2, 0) is 13.2 Å². The van der Waals surface area contributed by atoms with Crippen LogP contribution in [0.25, 0.3) is 76.7 Å². The van der Waals surface area contributed by atoms with E-state index in [0.29, 0.717) is 47.1 Å². The third kappa shape index (κ3) is 13.7. The molecule has 484 valence electrons. The van der Waals surface area contributed by atoms with Gasteiger partial charge in [-0.05, 0) is 43.9 Å². The highest BCUT2D eigenvalue weighted by atomic mass is 35.5. The van der Waals surface area contributed by atoms with Crippen molar-refractivity contribution in [2.45, 2.75) is 13.2 Å². The summed E-state index contributed by atoms with van der Waals surface area (Å²) in [5.74, 6) is 3.58. The normalized spacial score (nSPS) is 15.3. The fourth-order valence-electron chi connectivity index (χ4n) is 12.4. The van der Waals surface area contributed by atoms with E-state index in [4.69, 9.17) is 32.4 Å². The topological polar surface area (TPSA) is 207 Å². The predicted octanol–water partition coefficient (Wildman–Crippen LogP) is 13.0. The van der Waals surface area contributed by atoms with Crippen LogP contribution in [0.2, 0.25) is 5.28 Å². The van der Waals surface area contributed by atoms with Gasteiger partial charge in [-0.15, -0.1) is 0 Å². The number of alkyl halides is 1. The van der Waals surface area contributed by atoms with E-state index < -0.39 is 18.7 Å². The van der Waals surface area contributed by atoms with E-state index >= 15 is 0 Å². The number of nitrogens with zero attached hydrogens (tertiary/aromatic N) is 10. The molecule has 95 heavy (non-hydrogen) atoms. The van der Waals surface area contributed by atoms with Gasteiger partial charge in [0.05, 0.1) is 41.6 Å². The van der Waals surface area contributed by atoms with Crippen molar-refractivity contribution in [1.82, 2.24) is 54.6 Å². The molecule has 3 saturated heterocycles. The minimum absolute atomic E-state index is 0.298. The van der Waals surface area contributed by atoms with Crippen LogP contribution in [0.5, 0.6) is 17.2 Å². The predicted molar refractivity (Wildman–Crippen MR) is 378 cm³/mol. The maximum absolute atomic E-state index is 12.3. The minimum Gasteiger partial charge on any atom is -0.507 e. The zero-order chi connectivity index (χ0) is 66.2. The van der Waals surface area contributed by atoms with Gasteiger partial charge in [-0.1, -0.05) is 158 Å². The van der Waals surface area contributed by atoms with Crippen molar-refractivity contribution in [3.63, 3.8) is 0 Å². The first-order chi connectivity index (χ1) is 46.9. The number of hydrogen-bond donors (Lipinski definition) is 5. The number of aromatic hydroxyl groups is 1. The number of imidazole rings is 4. The van der Waals surface area contributed by atoms with Gasteiger partial charge in [-0.3, -0.25) is 14.0 Å². The first-order valence-electron chi connectivity index (χ1n) is 32.4. The Bertz CT molecular complexity index is 4870. The Balaban J connectivity index is 0.000000115. The molecule has 4 aromatic heterocycles. The fraction of sp³-hybridized carbons (Fsp3) is 0.243. The Morgan fingerprint density at radius 3 is 1.29 bits per heavy atom. The maximum atomic E-state index is 12.3. The average Bonchev–Trinajstić information content (AvgIpc) is 1.58. The van der Waals surface area contributed by atoms with Crippen LogP contribution in [0.1, 0.15) is 33.3 Å². The molecule has 5 N–H and O–H groups in total. The Hall–Kier alpha value is -10.4. The van der Waals surface area contributed by atoms with E-state index in [-0.39, 0.29) is 0 Å². The number of aromatic nitrogens is 8. The van der Waals surface area contributed by atoms with Gasteiger partial charge in [0.1, 0.15) is 41.9 Å². The first kappa shape index (κ1) is 62.1. The number of phenolic OH excluding ortho intramolecular Hbond substituents is 1. The lowest BCUT2D eigenvalue weighted by Gasteiger charge is -2.32. The maximum Gasteiger partial charge on any atom is 0.252 e. The molecule has 0 bridgehead atoms. The number of hydrogen-bond acceptors (Lipinski definition) is 15. The second kappa shape index (κ2) is 28.5. The van der Waals surface area contributed by atoms with E-state index in [1.807, 2.05) is 115 Å². The standard InChI is InChI=1S/C23H24N4O.C18H13ClN2O.C16H16N4O2.C16H18N4O.CH3F/c1-26-11-13-27(14-12-26)23-24-20-15-21(28-16-17-7-3-2-4-8-17)18-9-5-6-10-19(18)22(20)25-23;19-18-20-15-10-16(22-11-12-6-2-1-3-7-12)13-8-4-5-9-14(13)17(15)21-18;1-19-6-8-20(9-7-19)16-17-12-10-4-2-3-5-11(10)14(21)15(22)13(12)18-16;1-19-6-8-20(9-7-19)16-17-13-10-14(21)11-4-2-3-5-12(11)15(13)18-16;1-2/h2-10,15H,11-14,16H2,1H3,(H,24,25);1-10H,11H2,(H,20,21);2-5H,6-9H2,1H3,(H,17,18);2-5,10,21H,6-9H2,1H3,(H,17,18);1H3/i;;;;1D. The van der Waals surface area contributed by atoms with Gasteiger partial charge in [0, 0.05) is 140 Å². The number of benzene rings is 9. The summed E-state index contributed by atoms with van der Waals surface area (Å²) in [5.41, 5.74) is 9.98. The molecule has 0 unspecified atom stereocenters. The molecular formula is C74H74ClFN14O5. The van der Waals surface area contributed by atoms with Gasteiger partial charge in [-0.25, -0.2) is 19.9 Å². The molecule has 3 fully saturated rings. The molecule has 0 saturated carbocycles. The van der Waals surface area contributed by atoms with E-state index in [1.165, 1.54) is 0 Å². The number of Topliss-reactive ketones (excluding diaryl/α,β-unsaturated/α-hetero) is 2. The lowest BCUT2D eigenvalue weighted by molar-refractivity contribution is 0.0812. The Morgan fingerprint density at radius 1 is 0.453 bits per heavy atom. The second-order valence-corrected chi connectivity index (χ2v) is 24.4. The van der Waals surface area contributed by atoms with Crippen molar-refractivity contribution >= 4 is 106 Å². The number of piperazine rings is 3. The number of likely N-dealkylation sites (N-methyl/N-ethyl adjacent to an activating group) is 3. The van der Waals surface area contributed by atoms with Gasteiger partial charge in [0.15, 0.2) is 0 Å². The van der Waals surface area contributed by atoms with Crippen LogP contribution in [-0.4, -0.2) is 178 Å². The second-order valence-electron chi connectivity index (χ2n) is 24.0. The average molecular weight is 1290 g/mol. The largest absolute Gasteiger partial charge is 0.507 e. The summed E-state index contributed by atoms with van der Waals surface area (Å²) in [6.07, 6.45) is 0. The molecule has 0 atom stereocenters. The molecule has 4 aliphatic rings. The van der Waals surface area contributed by atoms with Gasteiger partial charge in [-0.2, -0.15) is 0 Å². The highest BCUT2D eigenvalue weighted by molar-refractivity contribution is 6.52. The molecule has 21 heteroatoms. The lowest BCUT2D eigenvalue weighted by Crippen LogP contribution is -2.44. The van der Waals surface area contributed by atoms with E-state index in [9.17, 15) is 19.1 Å². The number of anilines is 3. The summed E-state index contributed by atoms with van der Waals surface area (Å²) in [7, 11) is 5.39. The number of aromatic amines is 4.